The van der Waals surface area contributed by atoms with Crippen molar-refractivity contribution >= 4 is 11.6 Å². The standard InChI is InChI=1S/C25H32F3N5O/c1-3-4-9-34-24-30-22(29)21-10-17(2)14-33(23(21)31-24)16-19-11-18(15-32-7-5-6-8-32)12-20(13-19)25(26,27)28/h11-13H,2-10,14-16H2,1H3,(H2,29,30,31). The number of benzene rings is 1. The molecule has 184 valence electrons. The summed E-state index contributed by atoms with van der Waals surface area (Å²) < 4.78 is 46.8. The fourth-order valence-corrected chi connectivity index (χ4v) is 4.58. The lowest BCUT2D eigenvalue weighted by molar-refractivity contribution is -0.137. The highest BCUT2D eigenvalue weighted by Gasteiger charge is 2.32. The number of nitrogens with zero attached hydrogens (tertiary/aromatic N) is 4. The van der Waals surface area contributed by atoms with E-state index in [0.29, 0.717) is 48.9 Å². The van der Waals surface area contributed by atoms with Crippen molar-refractivity contribution in [3.8, 4) is 6.01 Å². The van der Waals surface area contributed by atoms with Crippen LogP contribution in [0.4, 0.5) is 24.8 Å². The normalized spacial score (nSPS) is 16.7. The minimum atomic E-state index is -4.41. The molecule has 34 heavy (non-hydrogen) atoms. The predicted molar refractivity (Wildman–Crippen MR) is 127 cm³/mol. The molecule has 1 aromatic carbocycles. The zero-order chi connectivity index (χ0) is 24.3. The van der Waals surface area contributed by atoms with Crippen molar-refractivity contribution in [3.05, 3.63) is 52.6 Å². The molecule has 0 bridgehead atoms. The predicted octanol–water partition coefficient (Wildman–Crippen LogP) is 4.97. The number of aromatic nitrogens is 2. The summed E-state index contributed by atoms with van der Waals surface area (Å²) in [6.07, 6.45) is 0.138. The summed E-state index contributed by atoms with van der Waals surface area (Å²) in [5, 5.41) is 0. The van der Waals surface area contributed by atoms with Gasteiger partial charge in [0.05, 0.1) is 12.2 Å². The molecule has 0 amide bonds. The number of rotatable bonds is 8. The molecule has 0 radical (unpaired) electrons. The largest absolute Gasteiger partial charge is 0.463 e. The Balaban J connectivity index is 1.64. The number of halogens is 3. The monoisotopic (exact) mass is 475 g/mol. The number of unbranched alkanes of at least 4 members (excludes halogenated alkanes) is 1. The molecule has 2 aliphatic heterocycles. The van der Waals surface area contributed by atoms with Crippen LogP contribution in [0.15, 0.2) is 30.4 Å². The molecule has 9 heteroatoms. The second kappa shape index (κ2) is 10.2. The molecule has 2 N–H and O–H groups in total. The topological polar surface area (TPSA) is 67.5 Å². The third kappa shape index (κ3) is 5.81. The molecule has 2 aliphatic rings. The van der Waals surface area contributed by atoms with Gasteiger partial charge in [0, 0.05) is 31.6 Å². The third-order valence-corrected chi connectivity index (χ3v) is 6.22. The molecule has 6 nitrogen and oxygen atoms in total. The third-order valence-electron chi connectivity index (χ3n) is 6.22. The summed E-state index contributed by atoms with van der Waals surface area (Å²) in [4.78, 5) is 13.0. The Bertz CT molecular complexity index is 1030. The molecule has 0 saturated carbocycles. The molecule has 0 unspecified atom stereocenters. The molecule has 0 aliphatic carbocycles. The zero-order valence-corrected chi connectivity index (χ0v) is 19.6. The number of nitrogen functional groups attached to an aromatic ring is 1. The van der Waals surface area contributed by atoms with Gasteiger partial charge in [-0.05, 0) is 55.6 Å². The number of anilines is 2. The van der Waals surface area contributed by atoms with E-state index in [2.05, 4.69) is 28.4 Å². The second-order valence-corrected chi connectivity index (χ2v) is 9.20. The van der Waals surface area contributed by atoms with Gasteiger partial charge in [-0.3, -0.25) is 4.90 Å². The first-order chi connectivity index (χ1) is 16.2. The van der Waals surface area contributed by atoms with Gasteiger partial charge in [0.15, 0.2) is 0 Å². The minimum absolute atomic E-state index is 0.195. The number of nitrogens with two attached hydrogens (primary N) is 1. The van der Waals surface area contributed by atoms with Gasteiger partial charge in [-0.1, -0.05) is 31.6 Å². The van der Waals surface area contributed by atoms with Gasteiger partial charge in [-0.2, -0.15) is 23.1 Å². The molecule has 0 atom stereocenters. The van der Waals surface area contributed by atoms with E-state index in [4.69, 9.17) is 10.5 Å². The average molecular weight is 476 g/mol. The molecule has 1 saturated heterocycles. The lowest BCUT2D eigenvalue weighted by Gasteiger charge is -2.32. The van der Waals surface area contributed by atoms with Crippen LogP contribution in [0.3, 0.4) is 0 Å². The lowest BCUT2D eigenvalue weighted by Crippen LogP contribution is -2.32. The van der Waals surface area contributed by atoms with Crippen LogP contribution >= 0.6 is 0 Å². The van der Waals surface area contributed by atoms with E-state index in [1.807, 2.05) is 11.0 Å². The van der Waals surface area contributed by atoms with Crippen LogP contribution in [0.25, 0.3) is 0 Å². The van der Waals surface area contributed by atoms with E-state index >= 15 is 0 Å². The van der Waals surface area contributed by atoms with E-state index < -0.39 is 11.7 Å². The molecule has 1 aromatic heterocycles. The van der Waals surface area contributed by atoms with Crippen molar-refractivity contribution in [2.24, 2.45) is 0 Å². The second-order valence-electron chi connectivity index (χ2n) is 9.20. The van der Waals surface area contributed by atoms with E-state index in [-0.39, 0.29) is 12.6 Å². The molecule has 4 rings (SSSR count). The highest BCUT2D eigenvalue weighted by molar-refractivity contribution is 5.62. The van der Waals surface area contributed by atoms with Crippen molar-refractivity contribution in [1.29, 1.82) is 0 Å². The van der Waals surface area contributed by atoms with E-state index in [9.17, 15) is 13.2 Å². The number of hydrogen-bond acceptors (Lipinski definition) is 6. The van der Waals surface area contributed by atoms with Gasteiger partial charge in [0.25, 0.3) is 0 Å². The average Bonchev–Trinajstić information content (AvgIpc) is 3.27. The van der Waals surface area contributed by atoms with Crippen molar-refractivity contribution in [2.75, 3.05) is 36.9 Å². The van der Waals surface area contributed by atoms with E-state index in [0.717, 1.165) is 49.9 Å². The highest BCUT2D eigenvalue weighted by atomic mass is 19.4. The van der Waals surface area contributed by atoms with Crippen LogP contribution in [0.2, 0.25) is 0 Å². The Morgan fingerprint density at radius 2 is 1.79 bits per heavy atom. The quantitative estimate of drug-likeness (QED) is 0.430. The van der Waals surface area contributed by atoms with Crippen LogP contribution in [-0.4, -0.2) is 41.1 Å². The summed E-state index contributed by atoms with van der Waals surface area (Å²) in [5.41, 5.74) is 8.49. The summed E-state index contributed by atoms with van der Waals surface area (Å²) in [6, 6.07) is 4.56. The number of ether oxygens (including phenoxy) is 1. The Morgan fingerprint density at radius 3 is 2.47 bits per heavy atom. The Hall–Kier alpha value is -2.81. The Labute approximate surface area is 198 Å². The van der Waals surface area contributed by atoms with Crippen LogP contribution < -0.4 is 15.4 Å². The SMILES string of the molecule is C=C1Cc2c(N)nc(OCCCC)nc2N(Cc2cc(CN3CCCC3)cc(C(F)(F)F)c2)C1. The van der Waals surface area contributed by atoms with Crippen molar-refractivity contribution in [2.45, 2.75) is 58.3 Å². The fraction of sp³-hybridized carbons (Fsp3) is 0.520. The minimum Gasteiger partial charge on any atom is -0.463 e. The van der Waals surface area contributed by atoms with E-state index in [1.165, 1.54) is 12.1 Å². The number of fused-ring (bicyclic) bond motifs is 1. The summed E-state index contributed by atoms with van der Waals surface area (Å²) in [6.45, 7) is 9.74. The van der Waals surface area contributed by atoms with Gasteiger partial charge >= 0.3 is 12.2 Å². The first-order valence-electron chi connectivity index (χ1n) is 11.9. The van der Waals surface area contributed by atoms with E-state index in [1.54, 1.807) is 0 Å². The number of alkyl halides is 3. The fourth-order valence-electron chi connectivity index (χ4n) is 4.58. The maximum Gasteiger partial charge on any atom is 0.416 e. The molecule has 3 heterocycles. The van der Waals surface area contributed by atoms with Crippen molar-refractivity contribution in [1.82, 2.24) is 14.9 Å². The lowest BCUT2D eigenvalue weighted by atomic mass is 10.00. The molecule has 1 fully saturated rings. The summed E-state index contributed by atoms with van der Waals surface area (Å²) in [5.74, 6) is 0.922. The Morgan fingerprint density at radius 1 is 1.09 bits per heavy atom. The number of likely N-dealkylation sites (tertiary alicyclic amines) is 1. The van der Waals surface area contributed by atoms with Crippen LogP contribution in [0.5, 0.6) is 6.01 Å². The number of hydrogen-bond donors (Lipinski definition) is 1. The first kappa shape index (κ1) is 24.3. The maximum atomic E-state index is 13.7. The molecular formula is C25H32F3N5O. The van der Waals surface area contributed by atoms with Crippen LogP contribution in [0.1, 0.15) is 54.9 Å². The van der Waals surface area contributed by atoms with Crippen molar-refractivity contribution < 1.29 is 17.9 Å². The van der Waals surface area contributed by atoms with Gasteiger partial charge in [-0.25, -0.2) is 0 Å². The molecule has 0 spiro atoms. The van der Waals surface area contributed by atoms with Gasteiger partial charge in [0.1, 0.15) is 11.6 Å². The van der Waals surface area contributed by atoms with Gasteiger partial charge in [0.2, 0.25) is 0 Å². The maximum absolute atomic E-state index is 13.7. The smallest absolute Gasteiger partial charge is 0.416 e. The van der Waals surface area contributed by atoms with Gasteiger partial charge < -0.3 is 15.4 Å². The van der Waals surface area contributed by atoms with Crippen LogP contribution in [-0.2, 0) is 25.7 Å². The molecule has 2 aromatic rings. The summed E-state index contributed by atoms with van der Waals surface area (Å²) in [7, 11) is 0. The zero-order valence-electron chi connectivity index (χ0n) is 19.6. The highest BCUT2D eigenvalue weighted by Crippen LogP contribution is 2.35. The van der Waals surface area contributed by atoms with Crippen LogP contribution in [0, 0.1) is 0 Å². The summed E-state index contributed by atoms with van der Waals surface area (Å²) >= 11 is 0. The van der Waals surface area contributed by atoms with Gasteiger partial charge in [-0.15, -0.1) is 0 Å². The first-order valence-corrected chi connectivity index (χ1v) is 11.9. The van der Waals surface area contributed by atoms with Crippen molar-refractivity contribution in [3.63, 3.8) is 0 Å². The Kier molecular flexibility index (Phi) is 7.30. The molecular weight excluding hydrogens is 443 g/mol.